The molecule has 0 amide bonds. The third-order valence-corrected chi connectivity index (χ3v) is 2.37. The maximum absolute atomic E-state index is 5.90. The van der Waals surface area contributed by atoms with Gasteiger partial charge >= 0.3 is 0 Å². The summed E-state index contributed by atoms with van der Waals surface area (Å²) in [6.45, 7) is 3.41. The van der Waals surface area contributed by atoms with Crippen LogP contribution in [0.1, 0.15) is 19.2 Å². The molecule has 0 unspecified atom stereocenters. The van der Waals surface area contributed by atoms with Crippen molar-refractivity contribution in [1.29, 1.82) is 0 Å². The zero-order valence-electron chi connectivity index (χ0n) is 9.59. The first-order chi connectivity index (χ1) is 7.69. The fourth-order valence-corrected chi connectivity index (χ4v) is 1.39. The molecule has 3 N–H and O–H groups in total. The molecule has 1 aromatic rings. The monoisotopic (exact) mass is 244 g/mol. The number of aromatic nitrogens is 2. The summed E-state index contributed by atoms with van der Waals surface area (Å²) in [7, 11) is 1.67. The fourth-order valence-electron chi connectivity index (χ4n) is 1.20. The van der Waals surface area contributed by atoms with Crippen molar-refractivity contribution in [3.05, 3.63) is 11.0 Å². The van der Waals surface area contributed by atoms with Gasteiger partial charge in [-0.3, -0.25) is 0 Å². The van der Waals surface area contributed by atoms with Gasteiger partial charge in [-0.15, -0.1) is 0 Å². The van der Waals surface area contributed by atoms with E-state index < -0.39 is 0 Å². The van der Waals surface area contributed by atoms with Crippen molar-refractivity contribution >= 4 is 23.1 Å². The zero-order chi connectivity index (χ0) is 12.0. The SMILES string of the molecule is CCc1nc(Cl)c(N)c(NCCCOC)n1. The minimum absolute atomic E-state index is 0.307. The van der Waals surface area contributed by atoms with E-state index in [2.05, 4.69) is 15.3 Å². The third kappa shape index (κ3) is 3.50. The zero-order valence-corrected chi connectivity index (χ0v) is 10.3. The molecule has 1 aromatic heterocycles. The molecule has 0 aromatic carbocycles. The second kappa shape index (κ2) is 6.50. The van der Waals surface area contributed by atoms with Crippen LogP contribution in [0, 0.1) is 0 Å². The maximum Gasteiger partial charge on any atom is 0.157 e. The van der Waals surface area contributed by atoms with E-state index in [9.17, 15) is 0 Å². The van der Waals surface area contributed by atoms with Gasteiger partial charge < -0.3 is 15.8 Å². The Morgan fingerprint density at radius 3 is 2.81 bits per heavy atom. The lowest BCUT2D eigenvalue weighted by Gasteiger charge is -2.10. The molecule has 0 aliphatic carbocycles. The summed E-state index contributed by atoms with van der Waals surface area (Å²) in [5.41, 5.74) is 6.17. The summed E-state index contributed by atoms with van der Waals surface area (Å²) in [4.78, 5) is 8.34. The topological polar surface area (TPSA) is 73.1 Å². The Morgan fingerprint density at radius 2 is 2.19 bits per heavy atom. The first-order valence-corrected chi connectivity index (χ1v) is 5.61. The van der Waals surface area contributed by atoms with Crippen LogP contribution >= 0.6 is 11.6 Å². The van der Waals surface area contributed by atoms with Gasteiger partial charge in [0, 0.05) is 26.7 Å². The Morgan fingerprint density at radius 1 is 1.44 bits per heavy atom. The van der Waals surface area contributed by atoms with E-state index in [-0.39, 0.29) is 0 Å². The average Bonchev–Trinajstić information content (AvgIpc) is 2.29. The number of halogens is 1. The van der Waals surface area contributed by atoms with Crippen molar-refractivity contribution < 1.29 is 4.74 Å². The molecule has 16 heavy (non-hydrogen) atoms. The Hall–Kier alpha value is -1.07. The normalized spacial score (nSPS) is 10.4. The lowest BCUT2D eigenvalue weighted by atomic mass is 10.4. The van der Waals surface area contributed by atoms with Crippen LogP contribution in [0.15, 0.2) is 0 Å². The van der Waals surface area contributed by atoms with Gasteiger partial charge in [0.15, 0.2) is 11.0 Å². The van der Waals surface area contributed by atoms with Crippen molar-refractivity contribution in [2.75, 3.05) is 31.3 Å². The van der Waals surface area contributed by atoms with Crippen LogP contribution in [0.2, 0.25) is 5.15 Å². The van der Waals surface area contributed by atoms with Gasteiger partial charge in [0.2, 0.25) is 0 Å². The summed E-state index contributed by atoms with van der Waals surface area (Å²) in [6, 6.07) is 0. The molecule has 0 radical (unpaired) electrons. The quantitative estimate of drug-likeness (QED) is 0.589. The summed E-state index contributed by atoms with van der Waals surface area (Å²) in [5, 5.41) is 3.43. The summed E-state index contributed by atoms with van der Waals surface area (Å²) < 4.78 is 4.95. The first kappa shape index (κ1) is 13.0. The van der Waals surface area contributed by atoms with Crippen LogP contribution in [-0.4, -0.2) is 30.2 Å². The minimum atomic E-state index is 0.307. The highest BCUT2D eigenvalue weighted by Crippen LogP contribution is 2.23. The van der Waals surface area contributed by atoms with E-state index in [0.717, 1.165) is 19.4 Å². The molecule has 6 heteroatoms. The van der Waals surface area contributed by atoms with E-state index in [1.54, 1.807) is 7.11 Å². The van der Waals surface area contributed by atoms with Gasteiger partial charge in [0.25, 0.3) is 0 Å². The van der Waals surface area contributed by atoms with Gasteiger partial charge in [-0.25, -0.2) is 9.97 Å². The molecule has 5 nitrogen and oxygen atoms in total. The second-order valence-corrected chi connectivity index (χ2v) is 3.68. The number of methoxy groups -OCH3 is 1. The van der Waals surface area contributed by atoms with Crippen molar-refractivity contribution in [2.45, 2.75) is 19.8 Å². The molecule has 0 atom stereocenters. The third-order valence-electron chi connectivity index (χ3n) is 2.08. The highest BCUT2D eigenvalue weighted by Gasteiger charge is 2.08. The van der Waals surface area contributed by atoms with Gasteiger partial charge in [-0.1, -0.05) is 18.5 Å². The fraction of sp³-hybridized carbons (Fsp3) is 0.600. The standard InChI is InChI=1S/C10H17ClN4O/c1-3-7-14-9(11)8(12)10(15-7)13-5-4-6-16-2/h3-6,12H2,1-2H3,(H,13,14,15). The van der Waals surface area contributed by atoms with Gasteiger partial charge in [-0.05, 0) is 6.42 Å². The number of hydrogen-bond acceptors (Lipinski definition) is 5. The molecule has 1 rings (SSSR count). The van der Waals surface area contributed by atoms with Crippen LogP contribution in [0.4, 0.5) is 11.5 Å². The molecule has 0 fully saturated rings. The van der Waals surface area contributed by atoms with Crippen molar-refractivity contribution in [3.63, 3.8) is 0 Å². The molecule has 1 heterocycles. The Bertz CT molecular complexity index is 346. The second-order valence-electron chi connectivity index (χ2n) is 3.32. The number of aryl methyl sites for hydroxylation is 1. The number of rotatable bonds is 6. The van der Waals surface area contributed by atoms with Gasteiger partial charge in [0.05, 0.1) is 0 Å². The largest absolute Gasteiger partial charge is 0.393 e. The molecule has 0 spiro atoms. The van der Waals surface area contributed by atoms with E-state index in [4.69, 9.17) is 22.1 Å². The molecule has 0 bridgehead atoms. The highest BCUT2D eigenvalue weighted by molar-refractivity contribution is 6.32. The van der Waals surface area contributed by atoms with Crippen molar-refractivity contribution in [3.8, 4) is 0 Å². The van der Waals surface area contributed by atoms with E-state index in [0.29, 0.717) is 29.1 Å². The van der Waals surface area contributed by atoms with E-state index in [1.165, 1.54) is 0 Å². The summed E-state index contributed by atoms with van der Waals surface area (Å²) >= 11 is 5.90. The smallest absolute Gasteiger partial charge is 0.157 e. The molecule has 0 saturated carbocycles. The Kier molecular flexibility index (Phi) is 5.28. The number of nitrogens with two attached hydrogens (primary N) is 1. The van der Waals surface area contributed by atoms with Crippen molar-refractivity contribution in [2.24, 2.45) is 0 Å². The highest BCUT2D eigenvalue weighted by atomic mass is 35.5. The van der Waals surface area contributed by atoms with Gasteiger partial charge in [0.1, 0.15) is 11.5 Å². The van der Waals surface area contributed by atoms with Crippen LogP contribution in [-0.2, 0) is 11.2 Å². The lowest BCUT2D eigenvalue weighted by Crippen LogP contribution is -2.10. The Labute approximate surface area is 100 Å². The summed E-state index contributed by atoms with van der Waals surface area (Å²) in [5.74, 6) is 1.29. The molecular formula is C10H17ClN4O. The number of hydrogen-bond donors (Lipinski definition) is 2. The molecule has 0 aliphatic rings. The molecular weight excluding hydrogens is 228 g/mol. The van der Waals surface area contributed by atoms with Crippen LogP contribution < -0.4 is 11.1 Å². The van der Waals surface area contributed by atoms with Gasteiger partial charge in [-0.2, -0.15) is 0 Å². The predicted molar refractivity (Wildman–Crippen MR) is 65.8 cm³/mol. The number of nitrogens with zero attached hydrogens (tertiary/aromatic N) is 2. The van der Waals surface area contributed by atoms with Crippen LogP contribution in [0.5, 0.6) is 0 Å². The minimum Gasteiger partial charge on any atom is -0.393 e. The molecule has 0 aliphatic heterocycles. The molecule has 0 saturated heterocycles. The first-order valence-electron chi connectivity index (χ1n) is 5.23. The maximum atomic E-state index is 5.90. The van der Waals surface area contributed by atoms with Crippen LogP contribution in [0.25, 0.3) is 0 Å². The van der Waals surface area contributed by atoms with E-state index in [1.807, 2.05) is 6.92 Å². The van der Waals surface area contributed by atoms with E-state index >= 15 is 0 Å². The average molecular weight is 245 g/mol. The summed E-state index contributed by atoms with van der Waals surface area (Å²) in [6.07, 6.45) is 1.62. The Balaban J connectivity index is 2.66. The van der Waals surface area contributed by atoms with Crippen molar-refractivity contribution in [1.82, 2.24) is 9.97 Å². The number of nitrogens with one attached hydrogen (secondary N) is 1. The van der Waals surface area contributed by atoms with Crippen LogP contribution in [0.3, 0.4) is 0 Å². The number of ether oxygens (including phenoxy) is 1. The lowest BCUT2D eigenvalue weighted by molar-refractivity contribution is 0.198. The molecule has 90 valence electrons. The number of anilines is 2. The predicted octanol–water partition coefficient (Wildman–Crippen LogP) is 1.72. The number of nitrogen functional groups attached to an aromatic ring is 1.